The number of carbonyl (C=O) groups is 1. The highest BCUT2D eigenvalue weighted by molar-refractivity contribution is 5.96. The summed E-state index contributed by atoms with van der Waals surface area (Å²) >= 11 is 0. The number of benzene rings is 1. The Morgan fingerprint density at radius 3 is 2.69 bits per heavy atom. The van der Waals surface area contributed by atoms with Crippen LogP contribution in [0.15, 0.2) is 48.8 Å². The Labute approximate surface area is 185 Å². The molecule has 0 saturated heterocycles. The van der Waals surface area contributed by atoms with Crippen LogP contribution in [0.25, 0.3) is 11.3 Å². The lowest BCUT2D eigenvalue weighted by molar-refractivity contribution is 0.0983. The quantitative estimate of drug-likeness (QED) is 0.561. The van der Waals surface area contributed by atoms with Gasteiger partial charge in [-0.25, -0.2) is 13.8 Å². The summed E-state index contributed by atoms with van der Waals surface area (Å²) in [6.45, 7) is 2.17. The van der Waals surface area contributed by atoms with Gasteiger partial charge in [0.1, 0.15) is 17.3 Å². The summed E-state index contributed by atoms with van der Waals surface area (Å²) in [7, 11) is 0. The topological polar surface area (TPSA) is 89.1 Å². The van der Waals surface area contributed by atoms with Crippen LogP contribution in [0, 0.1) is 17.6 Å². The third kappa shape index (κ3) is 4.67. The third-order valence-electron chi connectivity index (χ3n) is 6.05. The molecule has 166 valence electrons. The molecule has 32 heavy (non-hydrogen) atoms. The van der Waals surface area contributed by atoms with Crippen molar-refractivity contribution in [3.05, 3.63) is 77.2 Å². The van der Waals surface area contributed by atoms with Crippen molar-refractivity contribution in [2.45, 2.75) is 44.6 Å². The van der Waals surface area contributed by atoms with Gasteiger partial charge in [-0.05, 0) is 78.6 Å². The largest absolute Gasteiger partial charge is 0.508 e. The zero-order valence-electron chi connectivity index (χ0n) is 17.8. The van der Waals surface area contributed by atoms with Crippen LogP contribution < -0.4 is 5.73 Å². The normalized spacial score (nSPS) is 20.8. The van der Waals surface area contributed by atoms with Gasteiger partial charge in [0.25, 0.3) is 0 Å². The second-order valence-corrected chi connectivity index (χ2v) is 8.63. The first-order chi connectivity index (χ1) is 15.3. The van der Waals surface area contributed by atoms with Crippen molar-refractivity contribution >= 4 is 5.78 Å². The highest BCUT2D eigenvalue weighted by atomic mass is 19.1. The second kappa shape index (κ2) is 9.12. The fraction of sp³-hybridized carbons (Fsp3) is 0.320. The van der Waals surface area contributed by atoms with Crippen molar-refractivity contribution in [3.63, 3.8) is 0 Å². The molecule has 1 aromatic carbocycles. The molecule has 2 aromatic heterocycles. The lowest BCUT2D eigenvalue weighted by Gasteiger charge is -2.32. The molecular weight excluding hydrogens is 412 g/mol. The van der Waals surface area contributed by atoms with Gasteiger partial charge in [-0.1, -0.05) is 6.92 Å². The molecule has 3 aromatic rings. The second-order valence-electron chi connectivity index (χ2n) is 8.63. The Bertz CT molecular complexity index is 1140. The molecule has 1 saturated carbocycles. The number of carbonyl (C=O) groups excluding carboxylic acids is 1. The number of hydrogen-bond acceptors (Lipinski definition) is 5. The molecule has 1 fully saturated rings. The predicted octanol–water partition coefficient (Wildman–Crippen LogP) is 4.78. The number of nitrogens with two attached hydrogens (primary N) is 1. The molecule has 0 radical (unpaired) electrons. The van der Waals surface area contributed by atoms with Crippen LogP contribution in [0.4, 0.5) is 8.78 Å². The summed E-state index contributed by atoms with van der Waals surface area (Å²) < 4.78 is 28.7. The van der Waals surface area contributed by atoms with Crippen LogP contribution in [-0.4, -0.2) is 26.9 Å². The third-order valence-corrected chi connectivity index (χ3v) is 6.05. The molecule has 0 aliphatic heterocycles. The van der Waals surface area contributed by atoms with E-state index in [4.69, 9.17) is 5.73 Å². The molecule has 0 unspecified atom stereocenters. The Morgan fingerprint density at radius 1 is 1.12 bits per heavy atom. The van der Waals surface area contributed by atoms with E-state index in [1.807, 2.05) is 6.07 Å². The minimum absolute atomic E-state index is 0.00806. The van der Waals surface area contributed by atoms with Crippen LogP contribution >= 0.6 is 0 Å². The number of pyridine rings is 2. The van der Waals surface area contributed by atoms with E-state index in [1.54, 1.807) is 12.4 Å². The van der Waals surface area contributed by atoms with Crippen LogP contribution in [-0.2, 0) is 6.42 Å². The minimum atomic E-state index is -0.780. The van der Waals surface area contributed by atoms with Gasteiger partial charge in [0.2, 0.25) is 0 Å². The van der Waals surface area contributed by atoms with Crippen LogP contribution in [0.1, 0.15) is 53.7 Å². The number of nitrogens with zero attached hydrogens (tertiary/aromatic N) is 2. The molecule has 0 amide bonds. The molecule has 2 heterocycles. The van der Waals surface area contributed by atoms with Crippen molar-refractivity contribution in [1.82, 2.24) is 9.97 Å². The lowest BCUT2D eigenvalue weighted by atomic mass is 9.75. The van der Waals surface area contributed by atoms with Gasteiger partial charge in [0.05, 0.1) is 5.69 Å². The Hall–Kier alpha value is -3.19. The van der Waals surface area contributed by atoms with Crippen molar-refractivity contribution < 1.29 is 18.7 Å². The number of aromatic nitrogens is 2. The lowest BCUT2D eigenvalue weighted by Crippen LogP contribution is -2.31. The van der Waals surface area contributed by atoms with Gasteiger partial charge in [0, 0.05) is 30.4 Å². The number of rotatable bonds is 5. The van der Waals surface area contributed by atoms with Gasteiger partial charge >= 0.3 is 0 Å². The summed E-state index contributed by atoms with van der Waals surface area (Å²) in [4.78, 5) is 21.3. The van der Waals surface area contributed by atoms with E-state index in [0.29, 0.717) is 5.92 Å². The summed E-state index contributed by atoms with van der Waals surface area (Å²) in [5, 5.41) is 9.67. The van der Waals surface area contributed by atoms with E-state index >= 15 is 0 Å². The van der Waals surface area contributed by atoms with Gasteiger partial charge in [-0.3, -0.25) is 9.78 Å². The number of hydrogen-bond donors (Lipinski definition) is 2. The summed E-state index contributed by atoms with van der Waals surface area (Å²) in [6.07, 6.45) is 6.03. The number of halogens is 2. The van der Waals surface area contributed by atoms with E-state index in [2.05, 4.69) is 16.9 Å². The van der Waals surface area contributed by atoms with Gasteiger partial charge < -0.3 is 10.8 Å². The number of Topliss-reactive ketones (excluding diaryl/α,β-unsaturated/α-hetero) is 1. The number of phenols is 1. The van der Waals surface area contributed by atoms with E-state index in [9.17, 15) is 18.7 Å². The summed E-state index contributed by atoms with van der Waals surface area (Å²) in [5.41, 5.74) is 7.64. The molecule has 7 heteroatoms. The van der Waals surface area contributed by atoms with Crippen LogP contribution in [0.2, 0.25) is 0 Å². The van der Waals surface area contributed by atoms with E-state index < -0.39 is 17.4 Å². The molecule has 5 nitrogen and oxygen atoms in total. The number of aromatic hydroxyl groups is 1. The van der Waals surface area contributed by atoms with Gasteiger partial charge in [-0.2, -0.15) is 0 Å². The highest BCUT2D eigenvalue weighted by Gasteiger charge is 2.28. The first kappa shape index (κ1) is 22.0. The number of ketones is 1. The van der Waals surface area contributed by atoms with E-state index in [-0.39, 0.29) is 41.1 Å². The van der Waals surface area contributed by atoms with Crippen molar-refractivity contribution in [2.75, 3.05) is 0 Å². The van der Waals surface area contributed by atoms with Crippen molar-refractivity contribution in [2.24, 2.45) is 11.7 Å². The van der Waals surface area contributed by atoms with E-state index in [0.717, 1.165) is 42.5 Å². The maximum Gasteiger partial charge on any atom is 0.188 e. The summed E-state index contributed by atoms with van der Waals surface area (Å²) in [5.74, 6) is -1.39. The highest BCUT2D eigenvalue weighted by Crippen LogP contribution is 2.37. The zero-order chi connectivity index (χ0) is 22.8. The van der Waals surface area contributed by atoms with Crippen molar-refractivity contribution in [1.29, 1.82) is 0 Å². The molecule has 4 rings (SSSR count). The molecule has 1 aliphatic carbocycles. The smallest absolute Gasteiger partial charge is 0.188 e. The van der Waals surface area contributed by atoms with E-state index in [1.165, 1.54) is 18.2 Å². The first-order valence-corrected chi connectivity index (χ1v) is 10.7. The number of phenolic OH excluding ortho intramolecular Hbond substituents is 1. The van der Waals surface area contributed by atoms with Crippen LogP contribution in [0.3, 0.4) is 0 Å². The molecule has 0 bridgehead atoms. The van der Waals surface area contributed by atoms with Crippen LogP contribution in [0.5, 0.6) is 5.75 Å². The van der Waals surface area contributed by atoms with Gasteiger partial charge in [-0.15, -0.1) is 0 Å². The molecule has 3 atom stereocenters. The fourth-order valence-corrected chi connectivity index (χ4v) is 4.65. The molecule has 0 spiro atoms. The maximum atomic E-state index is 14.5. The Morgan fingerprint density at radius 2 is 1.91 bits per heavy atom. The average Bonchev–Trinajstić information content (AvgIpc) is 2.75. The molecular formula is C25H25F2N3O2. The maximum absolute atomic E-state index is 14.5. The minimum Gasteiger partial charge on any atom is -0.508 e. The zero-order valence-corrected chi connectivity index (χ0v) is 17.8. The molecule has 3 N–H and O–H groups in total. The monoisotopic (exact) mass is 437 g/mol. The predicted molar refractivity (Wildman–Crippen MR) is 117 cm³/mol. The molecule has 1 aliphatic rings. The standard InChI is InChI=1S/C25H25F2N3O2/c1-14-8-15(10-17(28)9-14)19-6-7-29-13-16(19)11-24(32)25-22(27)4-5-23(30-25)20-12-18(31)2-3-21(20)26/h2-7,12-15,17,31H,8-11,28H2,1H3/t14-,15+,17-/m0/s1. The Kier molecular flexibility index (Phi) is 6.28. The summed E-state index contributed by atoms with van der Waals surface area (Å²) in [6, 6.07) is 7.87. The fourth-order valence-electron chi connectivity index (χ4n) is 4.65. The van der Waals surface area contributed by atoms with Gasteiger partial charge in [0.15, 0.2) is 11.6 Å². The first-order valence-electron chi connectivity index (χ1n) is 10.7. The van der Waals surface area contributed by atoms with Crippen molar-refractivity contribution in [3.8, 4) is 17.0 Å². The Balaban J connectivity index is 1.64. The SMILES string of the molecule is C[C@@H]1C[C@H](N)C[C@H](c2ccncc2CC(=O)c2nc(-c3cc(O)ccc3F)ccc2F)C1. The average molecular weight is 437 g/mol.